The van der Waals surface area contributed by atoms with Crippen LogP contribution in [0.3, 0.4) is 0 Å². The molecule has 1 N–H and O–H groups in total. The Bertz CT molecular complexity index is 440. The number of benzene rings is 1. The molecule has 0 fully saturated rings. The lowest BCUT2D eigenvalue weighted by atomic mass is 9.81. The normalized spacial score (nSPS) is 15.2. The van der Waals surface area contributed by atoms with Crippen LogP contribution >= 0.6 is 0 Å². The third kappa shape index (κ3) is 3.51. The first-order valence-corrected chi connectivity index (χ1v) is 7.10. The Kier molecular flexibility index (Phi) is 6.02. The molecule has 0 bridgehead atoms. The van der Waals surface area contributed by atoms with Crippen molar-refractivity contribution in [3.05, 3.63) is 29.8 Å². The summed E-state index contributed by atoms with van der Waals surface area (Å²) in [5, 5.41) is 10.9. The van der Waals surface area contributed by atoms with Crippen LogP contribution in [0.25, 0.3) is 0 Å². The van der Waals surface area contributed by atoms with Gasteiger partial charge in [0.05, 0.1) is 19.1 Å². The summed E-state index contributed by atoms with van der Waals surface area (Å²) in [4.78, 5) is 12.0. The zero-order chi connectivity index (χ0) is 15.2. The van der Waals surface area contributed by atoms with Crippen LogP contribution in [0.4, 0.5) is 0 Å². The second-order valence-corrected chi connectivity index (χ2v) is 4.79. The van der Waals surface area contributed by atoms with Crippen molar-refractivity contribution < 1.29 is 19.4 Å². The highest BCUT2D eigenvalue weighted by atomic mass is 16.5. The predicted molar refractivity (Wildman–Crippen MR) is 77.6 cm³/mol. The molecule has 0 radical (unpaired) electrons. The van der Waals surface area contributed by atoms with Gasteiger partial charge in [-0.1, -0.05) is 25.1 Å². The summed E-state index contributed by atoms with van der Waals surface area (Å²) in [6, 6.07) is 7.25. The van der Waals surface area contributed by atoms with E-state index in [-0.39, 0.29) is 5.97 Å². The number of hydrogen-bond acceptors (Lipinski definition) is 4. The topological polar surface area (TPSA) is 55.8 Å². The number of ether oxygens (including phenoxy) is 2. The first-order valence-electron chi connectivity index (χ1n) is 7.10. The lowest BCUT2D eigenvalue weighted by Crippen LogP contribution is -2.38. The van der Waals surface area contributed by atoms with E-state index in [1.54, 1.807) is 26.0 Å². The maximum atomic E-state index is 12.0. The molecule has 1 rings (SSSR count). The second kappa shape index (κ2) is 7.29. The quantitative estimate of drug-likeness (QED) is 0.780. The Balaban J connectivity index is 3.16. The number of rotatable bonds is 7. The smallest absolute Gasteiger partial charge is 0.312 e. The number of esters is 1. The molecule has 0 spiro atoms. The predicted octanol–water partition coefficient (Wildman–Crippen LogP) is 2.88. The second-order valence-electron chi connectivity index (χ2n) is 4.79. The van der Waals surface area contributed by atoms with E-state index in [4.69, 9.17) is 9.47 Å². The molecule has 0 saturated carbocycles. The maximum absolute atomic E-state index is 12.0. The minimum atomic E-state index is -1.33. The first kappa shape index (κ1) is 16.5. The van der Waals surface area contributed by atoms with Crippen LogP contribution < -0.4 is 4.74 Å². The molecule has 0 aromatic heterocycles. The standard InChI is InChI=1S/C16H24O4/c1-5-12(15(17)20-7-3)16(4,18)13-10-8-9-11-14(13)19-6-2/h8-12,18H,5-7H2,1-4H3. The van der Waals surface area contributed by atoms with Gasteiger partial charge in [0, 0.05) is 5.56 Å². The van der Waals surface area contributed by atoms with Crippen molar-refractivity contribution >= 4 is 5.97 Å². The number of carbonyl (C=O) groups is 1. The molecule has 20 heavy (non-hydrogen) atoms. The Labute approximate surface area is 120 Å². The van der Waals surface area contributed by atoms with Crippen molar-refractivity contribution in [1.29, 1.82) is 0 Å². The zero-order valence-corrected chi connectivity index (χ0v) is 12.7. The fourth-order valence-corrected chi connectivity index (χ4v) is 2.39. The van der Waals surface area contributed by atoms with Crippen LogP contribution in [0, 0.1) is 5.92 Å². The Hall–Kier alpha value is -1.55. The molecule has 4 heteroatoms. The Morgan fingerprint density at radius 3 is 2.45 bits per heavy atom. The molecule has 2 unspecified atom stereocenters. The van der Waals surface area contributed by atoms with E-state index in [9.17, 15) is 9.90 Å². The molecule has 0 aliphatic rings. The Morgan fingerprint density at radius 1 is 1.25 bits per heavy atom. The van der Waals surface area contributed by atoms with Crippen LogP contribution in [0.15, 0.2) is 24.3 Å². The fourth-order valence-electron chi connectivity index (χ4n) is 2.39. The molecule has 0 saturated heterocycles. The SMILES string of the molecule is CCOC(=O)C(CC)C(C)(O)c1ccccc1OCC. The van der Waals surface area contributed by atoms with E-state index in [1.807, 2.05) is 26.0 Å². The number of carbonyl (C=O) groups excluding carboxylic acids is 1. The van der Waals surface area contributed by atoms with Gasteiger partial charge in [0.25, 0.3) is 0 Å². The number of para-hydroxylation sites is 1. The maximum Gasteiger partial charge on any atom is 0.312 e. The molecule has 0 aliphatic carbocycles. The molecule has 1 aromatic rings. The summed E-state index contributed by atoms with van der Waals surface area (Å²) in [6.45, 7) is 7.94. The van der Waals surface area contributed by atoms with E-state index < -0.39 is 11.5 Å². The zero-order valence-electron chi connectivity index (χ0n) is 12.7. The van der Waals surface area contributed by atoms with E-state index in [0.29, 0.717) is 30.9 Å². The van der Waals surface area contributed by atoms with Gasteiger partial charge in [-0.3, -0.25) is 4.79 Å². The van der Waals surface area contributed by atoms with Crippen LogP contribution in [0.5, 0.6) is 5.75 Å². The molecule has 0 heterocycles. The summed E-state index contributed by atoms with van der Waals surface area (Å²) in [5.74, 6) is -0.405. The van der Waals surface area contributed by atoms with E-state index in [0.717, 1.165) is 0 Å². The molecule has 0 amide bonds. The van der Waals surface area contributed by atoms with Crippen LogP contribution in [-0.4, -0.2) is 24.3 Å². The average molecular weight is 280 g/mol. The van der Waals surface area contributed by atoms with E-state index in [2.05, 4.69) is 0 Å². The highest BCUT2D eigenvalue weighted by molar-refractivity contribution is 5.74. The van der Waals surface area contributed by atoms with Gasteiger partial charge in [0.1, 0.15) is 11.4 Å². The molecule has 0 aliphatic heterocycles. The molecule has 4 nitrogen and oxygen atoms in total. The van der Waals surface area contributed by atoms with Crippen molar-refractivity contribution in [3.63, 3.8) is 0 Å². The molecular formula is C16H24O4. The molecule has 112 valence electrons. The highest BCUT2D eigenvalue weighted by Crippen LogP contribution is 2.37. The number of hydrogen-bond donors (Lipinski definition) is 1. The van der Waals surface area contributed by atoms with Gasteiger partial charge >= 0.3 is 5.97 Å². The van der Waals surface area contributed by atoms with Gasteiger partial charge in [-0.05, 0) is 33.3 Å². The van der Waals surface area contributed by atoms with Gasteiger partial charge in [-0.2, -0.15) is 0 Å². The van der Waals surface area contributed by atoms with E-state index in [1.165, 1.54) is 0 Å². The average Bonchev–Trinajstić information content (AvgIpc) is 2.40. The van der Waals surface area contributed by atoms with Gasteiger partial charge < -0.3 is 14.6 Å². The summed E-state index contributed by atoms with van der Waals surface area (Å²) < 4.78 is 10.6. The fraction of sp³-hybridized carbons (Fsp3) is 0.562. The summed E-state index contributed by atoms with van der Waals surface area (Å²) in [7, 11) is 0. The summed E-state index contributed by atoms with van der Waals surface area (Å²) in [5.41, 5.74) is -0.714. The van der Waals surface area contributed by atoms with Crippen LogP contribution in [0.2, 0.25) is 0 Å². The third-order valence-electron chi connectivity index (χ3n) is 3.39. The lowest BCUT2D eigenvalue weighted by molar-refractivity contribution is -0.158. The molecule has 1 aromatic carbocycles. The van der Waals surface area contributed by atoms with Gasteiger partial charge in [0.15, 0.2) is 0 Å². The van der Waals surface area contributed by atoms with Crippen molar-refractivity contribution in [2.75, 3.05) is 13.2 Å². The minimum absolute atomic E-state index is 0.304. The highest BCUT2D eigenvalue weighted by Gasteiger charge is 2.40. The molecular weight excluding hydrogens is 256 g/mol. The summed E-state index contributed by atoms with van der Waals surface area (Å²) in [6.07, 6.45) is 0.492. The van der Waals surface area contributed by atoms with Gasteiger partial charge in [0.2, 0.25) is 0 Å². The monoisotopic (exact) mass is 280 g/mol. The van der Waals surface area contributed by atoms with Gasteiger partial charge in [-0.15, -0.1) is 0 Å². The van der Waals surface area contributed by atoms with Crippen molar-refractivity contribution in [2.24, 2.45) is 5.92 Å². The third-order valence-corrected chi connectivity index (χ3v) is 3.39. The van der Waals surface area contributed by atoms with Crippen molar-refractivity contribution in [3.8, 4) is 5.75 Å². The lowest BCUT2D eigenvalue weighted by Gasteiger charge is -2.32. The van der Waals surface area contributed by atoms with Crippen molar-refractivity contribution in [2.45, 2.75) is 39.7 Å². The van der Waals surface area contributed by atoms with Crippen LogP contribution in [0.1, 0.15) is 39.7 Å². The Morgan fingerprint density at radius 2 is 1.90 bits per heavy atom. The van der Waals surface area contributed by atoms with Crippen LogP contribution in [-0.2, 0) is 15.1 Å². The summed E-state index contributed by atoms with van der Waals surface area (Å²) >= 11 is 0. The van der Waals surface area contributed by atoms with Gasteiger partial charge in [-0.25, -0.2) is 0 Å². The van der Waals surface area contributed by atoms with E-state index >= 15 is 0 Å². The largest absolute Gasteiger partial charge is 0.493 e. The minimum Gasteiger partial charge on any atom is -0.493 e. The molecule has 2 atom stereocenters. The van der Waals surface area contributed by atoms with Crippen molar-refractivity contribution in [1.82, 2.24) is 0 Å². The first-order chi connectivity index (χ1) is 9.48. The number of aliphatic hydroxyl groups is 1.